The summed E-state index contributed by atoms with van der Waals surface area (Å²) in [5, 5.41) is 14.6. The van der Waals surface area contributed by atoms with Crippen LogP contribution >= 0.6 is 0 Å². The Morgan fingerprint density at radius 3 is 3.04 bits per heavy atom. The van der Waals surface area contributed by atoms with Crippen molar-refractivity contribution in [3.8, 4) is 0 Å². The van der Waals surface area contributed by atoms with E-state index in [0.29, 0.717) is 29.3 Å². The lowest BCUT2D eigenvalue weighted by molar-refractivity contribution is 0.0703. The van der Waals surface area contributed by atoms with E-state index >= 15 is 0 Å². The predicted molar refractivity (Wildman–Crippen MR) is 80.8 cm³/mol. The van der Waals surface area contributed by atoms with Gasteiger partial charge in [0.25, 0.3) is 5.91 Å². The first kappa shape index (κ1) is 13.9. The number of aryl methyl sites for hydroxylation is 1. The number of carbonyl (C=O) groups is 1. The number of amides is 1. The van der Waals surface area contributed by atoms with Gasteiger partial charge in [-0.2, -0.15) is 20.4 Å². The fourth-order valence-corrected chi connectivity index (χ4v) is 3.01. The number of aromatic nitrogens is 5. The monoisotopic (exact) mass is 312 g/mol. The van der Waals surface area contributed by atoms with Crippen molar-refractivity contribution in [3.63, 3.8) is 0 Å². The van der Waals surface area contributed by atoms with Crippen LogP contribution in [0.25, 0.3) is 11.0 Å². The SMILES string of the molecule is Cc1nc([C@H]2CCCN(C(=O)c3ccc4n[nH]nc4c3)C2)no1. The van der Waals surface area contributed by atoms with E-state index in [-0.39, 0.29) is 11.8 Å². The molecule has 0 unspecified atom stereocenters. The van der Waals surface area contributed by atoms with Crippen LogP contribution in [-0.4, -0.2) is 49.4 Å². The third-order valence-corrected chi connectivity index (χ3v) is 4.18. The summed E-state index contributed by atoms with van der Waals surface area (Å²) < 4.78 is 5.05. The second kappa shape index (κ2) is 5.45. The number of fused-ring (bicyclic) bond motifs is 1. The lowest BCUT2D eigenvalue weighted by Gasteiger charge is -2.31. The number of benzene rings is 1. The summed E-state index contributed by atoms with van der Waals surface area (Å²) in [5.74, 6) is 1.37. The van der Waals surface area contributed by atoms with E-state index < -0.39 is 0 Å². The van der Waals surface area contributed by atoms with Crippen molar-refractivity contribution < 1.29 is 9.32 Å². The maximum Gasteiger partial charge on any atom is 0.253 e. The fourth-order valence-electron chi connectivity index (χ4n) is 3.01. The number of piperidine rings is 1. The highest BCUT2D eigenvalue weighted by Gasteiger charge is 2.28. The minimum atomic E-state index is -0.000170. The largest absolute Gasteiger partial charge is 0.340 e. The van der Waals surface area contributed by atoms with Crippen molar-refractivity contribution in [3.05, 3.63) is 35.5 Å². The fraction of sp³-hybridized carbons (Fsp3) is 0.400. The highest BCUT2D eigenvalue weighted by atomic mass is 16.5. The molecule has 0 radical (unpaired) electrons. The Kier molecular flexibility index (Phi) is 3.29. The molecule has 8 heteroatoms. The molecular formula is C15H16N6O2. The first-order valence-corrected chi connectivity index (χ1v) is 7.61. The normalized spacial score (nSPS) is 18.5. The average Bonchev–Trinajstić information content (AvgIpc) is 3.22. The smallest absolute Gasteiger partial charge is 0.253 e. The van der Waals surface area contributed by atoms with Gasteiger partial charge in [-0.15, -0.1) is 0 Å². The highest BCUT2D eigenvalue weighted by Crippen LogP contribution is 2.26. The standard InChI is InChI=1S/C15H16N6O2/c1-9-16-14(19-23-9)11-3-2-6-21(8-11)15(22)10-4-5-12-13(7-10)18-20-17-12/h4-5,7,11H,2-3,6,8H2,1H3,(H,17,18,20)/t11-/m0/s1. The van der Waals surface area contributed by atoms with Crippen molar-refractivity contribution in [2.45, 2.75) is 25.7 Å². The first-order valence-electron chi connectivity index (χ1n) is 7.61. The van der Waals surface area contributed by atoms with Crippen LogP contribution in [0.5, 0.6) is 0 Å². The molecule has 3 heterocycles. The van der Waals surface area contributed by atoms with Crippen molar-refractivity contribution in [2.75, 3.05) is 13.1 Å². The number of nitrogens with one attached hydrogen (secondary N) is 1. The van der Waals surface area contributed by atoms with Gasteiger partial charge in [0, 0.05) is 31.5 Å². The molecular weight excluding hydrogens is 296 g/mol. The van der Waals surface area contributed by atoms with Gasteiger partial charge in [0.2, 0.25) is 5.89 Å². The summed E-state index contributed by atoms with van der Waals surface area (Å²) in [4.78, 5) is 18.9. The minimum Gasteiger partial charge on any atom is -0.340 e. The number of nitrogens with zero attached hydrogens (tertiary/aromatic N) is 5. The van der Waals surface area contributed by atoms with Crippen LogP contribution in [0.3, 0.4) is 0 Å². The summed E-state index contributed by atoms with van der Waals surface area (Å²) in [6.07, 6.45) is 1.89. The molecule has 2 aromatic heterocycles. The zero-order valence-electron chi connectivity index (χ0n) is 12.7. The zero-order chi connectivity index (χ0) is 15.8. The molecule has 1 aliphatic rings. The Hall–Kier alpha value is -2.77. The highest BCUT2D eigenvalue weighted by molar-refractivity contribution is 5.97. The maximum atomic E-state index is 12.8. The van der Waals surface area contributed by atoms with Gasteiger partial charge in [-0.25, -0.2) is 0 Å². The van der Waals surface area contributed by atoms with Crippen LogP contribution in [0, 0.1) is 6.92 Å². The maximum absolute atomic E-state index is 12.8. The van der Waals surface area contributed by atoms with Crippen LogP contribution < -0.4 is 0 Å². The predicted octanol–water partition coefficient (Wildman–Crippen LogP) is 1.67. The second-order valence-corrected chi connectivity index (χ2v) is 5.79. The van der Waals surface area contributed by atoms with E-state index in [2.05, 4.69) is 25.6 Å². The summed E-state index contributed by atoms with van der Waals surface area (Å²) in [6, 6.07) is 5.36. The van der Waals surface area contributed by atoms with Gasteiger partial charge in [-0.3, -0.25) is 4.79 Å². The Bertz CT molecular complexity index is 854. The summed E-state index contributed by atoms with van der Waals surface area (Å²) >= 11 is 0. The van der Waals surface area contributed by atoms with Gasteiger partial charge in [0.15, 0.2) is 5.82 Å². The molecule has 3 aromatic rings. The third-order valence-electron chi connectivity index (χ3n) is 4.18. The molecule has 0 bridgehead atoms. The molecule has 1 amide bonds. The van der Waals surface area contributed by atoms with E-state index in [9.17, 15) is 4.79 Å². The number of rotatable bonds is 2. The lowest BCUT2D eigenvalue weighted by Crippen LogP contribution is -2.39. The Balaban J connectivity index is 1.55. The van der Waals surface area contributed by atoms with Crippen molar-refractivity contribution in [1.29, 1.82) is 0 Å². The molecule has 0 spiro atoms. The van der Waals surface area contributed by atoms with Gasteiger partial charge in [-0.05, 0) is 31.0 Å². The lowest BCUT2D eigenvalue weighted by atomic mass is 9.96. The molecule has 118 valence electrons. The van der Waals surface area contributed by atoms with Crippen molar-refractivity contribution >= 4 is 16.9 Å². The van der Waals surface area contributed by atoms with E-state index in [1.807, 2.05) is 4.90 Å². The summed E-state index contributed by atoms with van der Waals surface area (Å²) in [6.45, 7) is 3.12. The molecule has 1 fully saturated rings. The van der Waals surface area contributed by atoms with Gasteiger partial charge in [0.1, 0.15) is 11.0 Å². The minimum absolute atomic E-state index is 0.000170. The molecule has 0 aliphatic carbocycles. The molecule has 1 saturated heterocycles. The van der Waals surface area contributed by atoms with Crippen LogP contribution in [-0.2, 0) is 0 Å². The molecule has 0 saturated carbocycles. The molecule has 8 nitrogen and oxygen atoms in total. The van der Waals surface area contributed by atoms with E-state index in [1.54, 1.807) is 25.1 Å². The Labute approximate surface area is 131 Å². The van der Waals surface area contributed by atoms with Crippen LogP contribution in [0.4, 0.5) is 0 Å². The van der Waals surface area contributed by atoms with Crippen molar-refractivity contribution in [2.24, 2.45) is 0 Å². The van der Waals surface area contributed by atoms with E-state index in [0.717, 1.165) is 24.9 Å². The molecule has 1 N–H and O–H groups in total. The van der Waals surface area contributed by atoms with Gasteiger partial charge in [0.05, 0.1) is 0 Å². The molecule has 1 aromatic carbocycles. The number of H-pyrrole nitrogens is 1. The van der Waals surface area contributed by atoms with E-state index in [1.165, 1.54) is 0 Å². The quantitative estimate of drug-likeness (QED) is 0.772. The van der Waals surface area contributed by atoms with Crippen LogP contribution in [0.1, 0.15) is 40.8 Å². The molecule has 1 atom stereocenters. The van der Waals surface area contributed by atoms with Crippen LogP contribution in [0.2, 0.25) is 0 Å². The Morgan fingerprint density at radius 1 is 1.35 bits per heavy atom. The van der Waals surface area contributed by atoms with Gasteiger partial charge >= 0.3 is 0 Å². The topological polar surface area (TPSA) is 101 Å². The number of hydrogen-bond donors (Lipinski definition) is 1. The first-order chi connectivity index (χ1) is 11.2. The van der Waals surface area contributed by atoms with Gasteiger partial charge < -0.3 is 9.42 Å². The number of likely N-dealkylation sites (tertiary alicyclic amines) is 1. The number of hydrogen-bond acceptors (Lipinski definition) is 6. The van der Waals surface area contributed by atoms with Crippen LogP contribution in [0.15, 0.2) is 22.7 Å². The zero-order valence-corrected chi connectivity index (χ0v) is 12.7. The molecule has 1 aliphatic heterocycles. The van der Waals surface area contributed by atoms with Gasteiger partial charge in [-0.1, -0.05) is 5.16 Å². The number of aromatic amines is 1. The van der Waals surface area contributed by atoms with Crippen molar-refractivity contribution in [1.82, 2.24) is 30.5 Å². The Morgan fingerprint density at radius 2 is 2.22 bits per heavy atom. The third kappa shape index (κ3) is 2.56. The average molecular weight is 312 g/mol. The van der Waals surface area contributed by atoms with E-state index in [4.69, 9.17) is 4.52 Å². The summed E-state index contributed by atoms with van der Waals surface area (Å²) in [5.41, 5.74) is 2.06. The molecule has 4 rings (SSSR count). The summed E-state index contributed by atoms with van der Waals surface area (Å²) in [7, 11) is 0. The number of carbonyl (C=O) groups excluding carboxylic acids is 1. The molecule has 23 heavy (non-hydrogen) atoms. The second-order valence-electron chi connectivity index (χ2n) is 5.79.